The largest absolute Gasteiger partial charge is 0.264 e. The van der Waals surface area contributed by atoms with Gasteiger partial charge in [0.05, 0.1) is 0 Å². The SMILES string of the molecule is [C]c1cccnc1. The van der Waals surface area contributed by atoms with Gasteiger partial charge < -0.3 is 0 Å². The van der Waals surface area contributed by atoms with E-state index >= 15 is 0 Å². The summed E-state index contributed by atoms with van der Waals surface area (Å²) in [6.07, 6.45) is 3.15. The van der Waals surface area contributed by atoms with E-state index in [1.165, 1.54) is 6.20 Å². The van der Waals surface area contributed by atoms with Gasteiger partial charge in [-0.3, -0.25) is 4.98 Å². The fourth-order valence-corrected chi connectivity index (χ4v) is 0.363. The van der Waals surface area contributed by atoms with Gasteiger partial charge in [0.1, 0.15) is 0 Å². The van der Waals surface area contributed by atoms with Gasteiger partial charge in [-0.15, -0.1) is 0 Å². The molecule has 1 heterocycles. The van der Waals surface area contributed by atoms with E-state index in [0.29, 0.717) is 5.56 Å². The Balaban J connectivity index is 3.02. The Morgan fingerprint density at radius 3 is 2.71 bits per heavy atom. The van der Waals surface area contributed by atoms with Gasteiger partial charge in [-0.25, -0.2) is 0 Å². The lowest BCUT2D eigenvalue weighted by Crippen LogP contribution is -1.69. The van der Waals surface area contributed by atoms with Gasteiger partial charge in [0.2, 0.25) is 0 Å². The van der Waals surface area contributed by atoms with Crippen LogP contribution in [0.4, 0.5) is 0 Å². The molecule has 0 aliphatic rings. The Hall–Kier alpha value is -0.850. The van der Waals surface area contributed by atoms with Gasteiger partial charge in [-0.2, -0.15) is 0 Å². The minimum absolute atomic E-state index is 0.461. The zero-order valence-electron chi connectivity index (χ0n) is 3.76. The molecule has 0 aromatic carbocycles. The average Bonchev–Trinajstić information content (AvgIpc) is 1.69. The third-order valence-electron chi connectivity index (χ3n) is 0.662. The smallest absolute Gasteiger partial charge is 0.0316 e. The van der Waals surface area contributed by atoms with Crippen molar-refractivity contribution in [1.29, 1.82) is 0 Å². The van der Waals surface area contributed by atoms with E-state index < -0.39 is 0 Å². The zero-order chi connectivity index (χ0) is 5.11. The van der Waals surface area contributed by atoms with E-state index in [2.05, 4.69) is 4.98 Å². The summed E-state index contributed by atoms with van der Waals surface area (Å²) in [6, 6.07) is 3.43. The first-order valence-corrected chi connectivity index (χ1v) is 2.01. The van der Waals surface area contributed by atoms with Crippen LogP contribution in [-0.4, -0.2) is 4.98 Å². The number of hydrogen-bond acceptors (Lipinski definition) is 1. The number of hydrogen-bond donors (Lipinski definition) is 0. The van der Waals surface area contributed by atoms with E-state index in [1.807, 2.05) is 0 Å². The molecule has 7 heavy (non-hydrogen) atoms. The van der Waals surface area contributed by atoms with Gasteiger partial charge >= 0.3 is 0 Å². The predicted octanol–water partition coefficient (Wildman–Crippen LogP) is 1.02. The normalized spacial score (nSPS) is 8.71. The van der Waals surface area contributed by atoms with Crippen LogP contribution < -0.4 is 0 Å². The molecular formula is C6H4N. The Morgan fingerprint density at radius 1 is 1.57 bits per heavy atom. The highest BCUT2D eigenvalue weighted by atomic mass is 14.6. The molecule has 0 aliphatic heterocycles. The van der Waals surface area contributed by atoms with Crippen LogP contribution in [0, 0.1) is 6.92 Å². The fraction of sp³-hybridized carbons (Fsp3) is 0. The molecular weight excluding hydrogens is 86.1 g/mol. The monoisotopic (exact) mass is 90.0 g/mol. The van der Waals surface area contributed by atoms with Crippen LogP contribution in [0.3, 0.4) is 0 Å². The maximum Gasteiger partial charge on any atom is 0.0316 e. The second kappa shape index (κ2) is 1.73. The molecule has 0 amide bonds. The van der Waals surface area contributed by atoms with Crippen LogP contribution in [0.1, 0.15) is 5.56 Å². The molecule has 0 bridgehead atoms. The first kappa shape index (κ1) is 4.31. The van der Waals surface area contributed by atoms with Crippen molar-refractivity contribution >= 4 is 0 Å². The molecule has 33 valence electrons. The summed E-state index contributed by atoms with van der Waals surface area (Å²) in [4.78, 5) is 3.70. The molecule has 0 atom stereocenters. The topological polar surface area (TPSA) is 12.9 Å². The van der Waals surface area contributed by atoms with Crippen molar-refractivity contribution in [3.8, 4) is 0 Å². The highest BCUT2D eigenvalue weighted by molar-refractivity contribution is 5.10. The van der Waals surface area contributed by atoms with Crippen LogP contribution in [0.15, 0.2) is 24.5 Å². The maximum absolute atomic E-state index is 6.93. The summed E-state index contributed by atoms with van der Waals surface area (Å²) in [5.41, 5.74) is 0.461. The zero-order valence-corrected chi connectivity index (χ0v) is 3.76. The van der Waals surface area contributed by atoms with Gasteiger partial charge in [0.25, 0.3) is 0 Å². The van der Waals surface area contributed by atoms with Gasteiger partial charge in [-0.05, 0) is 11.6 Å². The van der Waals surface area contributed by atoms with Crippen molar-refractivity contribution in [3.05, 3.63) is 37.0 Å². The predicted molar refractivity (Wildman–Crippen MR) is 26.6 cm³/mol. The van der Waals surface area contributed by atoms with Gasteiger partial charge in [0.15, 0.2) is 0 Å². The Morgan fingerprint density at radius 2 is 2.43 bits per heavy atom. The summed E-state index contributed by atoms with van der Waals surface area (Å²) in [6.45, 7) is 6.93. The van der Waals surface area contributed by atoms with E-state index in [4.69, 9.17) is 6.92 Å². The van der Waals surface area contributed by atoms with Crippen LogP contribution in [-0.2, 0) is 0 Å². The highest BCUT2D eigenvalue weighted by Crippen LogP contribution is 1.88. The maximum atomic E-state index is 6.93. The molecule has 0 N–H and O–H groups in total. The van der Waals surface area contributed by atoms with Crippen molar-refractivity contribution in [1.82, 2.24) is 4.98 Å². The third-order valence-corrected chi connectivity index (χ3v) is 0.662. The molecule has 1 rings (SSSR count). The lowest BCUT2D eigenvalue weighted by Gasteiger charge is -1.81. The van der Waals surface area contributed by atoms with E-state index in [-0.39, 0.29) is 0 Å². The second-order valence-electron chi connectivity index (χ2n) is 1.24. The molecule has 1 nitrogen and oxygen atoms in total. The molecule has 3 radical (unpaired) electrons. The van der Waals surface area contributed by atoms with E-state index in [1.54, 1.807) is 18.3 Å². The Bertz CT molecular complexity index is 134. The van der Waals surface area contributed by atoms with Crippen LogP contribution in [0.25, 0.3) is 0 Å². The fourth-order valence-electron chi connectivity index (χ4n) is 0.363. The molecule has 1 aromatic heterocycles. The lowest BCUT2D eigenvalue weighted by atomic mass is 10.3. The molecule has 1 aromatic rings. The summed E-state index contributed by atoms with van der Waals surface area (Å²) in [7, 11) is 0. The van der Waals surface area contributed by atoms with Crippen LogP contribution in [0.2, 0.25) is 0 Å². The molecule has 0 saturated heterocycles. The van der Waals surface area contributed by atoms with Crippen molar-refractivity contribution < 1.29 is 0 Å². The Kier molecular flexibility index (Phi) is 1.07. The number of pyridine rings is 1. The molecule has 0 fully saturated rings. The summed E-state index contributed by atoms with van der Waals surface area (Å²) >= 11 is 0. The molecule has 0 unspecified atom stereocenters. The number of rotatable bonds is 0. The minimum atomic E-state index is 0.461. The highest BCUT2D eigenvalue weighted by Gasteiger charge is 1.74. The summed E-state index contributed by atoms with van der Waals surface area (Å²) < 4.78 is 0. The van der Waals surface area contributed by atoms with Crippen molar-refractivity contribution in [3.63, 3.8) is 0 Å². The first-order valence-electron chi connectivity index (χ1n) is 2.01. The van der Waals surface area contributed by atoms with Crippen molar-refractivity contribution in [2.45, 2.75) is 0 Å². The standard InChI is InChI=1S/C6H4N/c1-6-3-2-4-7-5-6/h2-5H. The Labute approximate surface area is 43.0 Å². The molecule has 1 heteroatoms. The molecule has 0 saturated carbocycles. The lowest BCUT2D eigenvalue weighted by molar-refractivity contribution is 1.31. The summed E-state index contributed by atoms with van der Waals surface area (Å²) in [5, 5.41) is 0. The van der Waals surface area contributed by atoms with Crippen LogP contribution >= 0.6 is 0 Å². The van der Waals surface area contributed by atoms with Crippen molar-refractivity contribution in [2.24, 2.45) is 0 Å². The third kappa shape index (κ3) is 1.000. The number of nitrogens with zero attached hydrogens (tertiary/aromatic N) is 1. The molecule has 0 aliphatic carbocycles. The average molecular weight is 90.1 g/mol. The van der Waals surface area contributed by atoms with Crippen molar-refractivity contribution in [2.75, 3.05) is 0 Å². The quantitative estimate of drug-likeness (QED) is 0.463. The van der Waals surface area contributed by atoms with Gasteiger partial charge in [0, 0.05) is 19.3 Å². The summed E-state index contributed by atoms with van der Waals surface area (Å²) in [5.74, 6) is 0. The van der Waals surface area contributed by atoms with Gasteiger partial charge in [-0.1, -0.05) is 6.07 Å². The van der Waals surface area contributed by atoms with Crippen LogP contribution in [0.5, 0.6) is 0 Å². The number of aromatic nitrogens is 1. The second-order valence-corrected chi connectivity index (χ2v) is 1.24. The first-order chi connectivity index (χ1) is 3.39. The minimum Gasteiger partial charge on any atom is -0.264 e. The van der Waals surface area contributed by atoms with E-state index in [9.17, 15) is 0 Å². The molecule has 0 spiro atoms. The van der Waals surface area contributed by atoms with E-state index in [0.717, 1.165) is 0 Å².